The predicted octanol–water partition coefficient (Wildman–Crippen LogP) is 4.67. The Bertz CT molecular complexity index is 465. The largest absolute Gasteiger partial charge is 0.369 e. The van der Waals surface area contributed by atoms with Crippen molar-refractivity contribution in [1.29, 1.82) is 0 Å². The van der Waals surface area contributed by atoms with Crippen LogP contribution in [-0.2, 0) is 0 Å². The minimum atomic E-state index is -0.484. The lowest BCUT2D eigenvalue weighted by Crippen LogP contribution is -2.33. The van der Waals surface area contributed by atoms with E-state index < -0.39 is 4.92 Å². The third kappa shape index (κ3) is 3.12. The topological polar surface area (TPSA) is 46.4 Å². The number of halogens is 2. The molecular formula is C13H16Cl2N2O2. The van der Waals surface area contributed by atoms with Crippen molar-refractivity contribution < 1.29 is 4.92 Å². The van der Waals surface area contributed by atoms with Crippen LogP contribution in [0.3, 0.4) is 0 Å². The van der Waals surface area contributed by atoms with Gasteiger partial charge < -0.3 is 4.90 Å². The van der Waals surface area contributed by atoms with E-state index in [-0.39, 0.29) is 5.69 Å². The van der Waals surface area contributed by atoms with Crippen LogP contribution in [0.1, 0.15) is 32.1 Å². The summed E-state index contributed by atoms with van der Waals surface area (Å²) in [5.41, 5.74) is 0.622. The van der Waals surface area contributed by atoms with Crippen molar-refractivity contribution in [3.05, 3.63) is 32.3 Å². The Kier molecular flexibility index (Phi) is 4.53. The highest BCUT2D eigenvalue weighted by molar-refractivity contribution is 6.39. The molecule has 0 spiro atoms. The maximum absolute atomic E-state index is 10.8. The van der Waals surface area contributed by atoms with Crippen LogP contribution < -0.4 is 4.90 Å². The van der Waals surface area contributed by atoms with E-state index >= 15 is 0 Å². The van der Waals surface area contributed by atoms with Gasteiger partial charge in [0.15, 0.2) is 0 Å². The Balaban J connectivity index is 2.30. The zero-order chi connectivity index (χ0) is 14.0. The van der Waals surface area contributed by atoms with E-state index in [1.54, 1.807) is 0 Å². The van der Waals surface area contributed by atoms with Crippen LogP contribution in [0.2, 0.25) is 10.0 Å². The molecule has 1 aromatic rings. The van der Waals surface area contributed by atoms with Crippen LogP contribution in [0.4, 0.5) is 11.4 Å². The Hall–Kier alpha value is -1.00. The van der Waals surface area contributed by atoms with E-state index in [1.807, 2.05) is 7.05 Å². The Morgan fingerprint density at radius 2 is 1.74 bits per heavy atom. The van der Waals surface area contributed by atoms with Crippen molar-refractivity contribution >= 4 is 34.6 Å². The number of rotatable bonds is 3. The second-order valence-corrected chi connectivity index (χ2v) is 5.73. The lowest BCUT2D eigenvalue weighted by atomic mass is 9.94. The number of hydrogen-bond acceptors (Lipinski definition) is 3. The van der Waals surface area contributed by atoms with Gasteiger partial charge in [0.2, 0.25) is 0 Å². The molecule has 0 atom stereocenters. The summed E-state index contributed by atoms with van der Waals surface area (Å²) >= 11 is 12.3. The first kappa shape index (κ1) is 14.4. The van der Waals surface area contributed by atoms with Crippen LogP contribution in [-0.4, -0.2) is 18.0 Å². The predicted molar refractivity (Wildman–Crippen MR) is 78.4 cm³/mol. The van der Waals surface area contributed by atoms with Crippen LogP contribution in [0.5, 0.6) is 0 Å². The molecule has 1 aliphatic carbocycles. The smallest absolute Gasteiger partial charge is 0.272 e. The fourth-order valence-corrected chi connectivity index (χ4v) is 3.39. The molecule has 0 aromatic heterocycles. The van der Waals surface area contributed by atoms with Gasteiger partial charge in [0.05, 0.1) is 20.7 Å². The van der Waals surface area contributed by atoms with Crippen molar-refractivity contribution in [2.75, 3.05) is 11.9 Å². The van der Waals surface area contributed by atoms with Gasteiger partial charge in [-0.3, -0.25) is 10.1 Å². The molecule has 19 heavy (non-hydrogen) atoms. The fraction of sp³-hybridized carbons (Fsp3) is 0.538. The molecule has 6 heteroatoms. The number of hydrogen-bond donors (Lipinski definition) is 0. The molecule has 2 rings (SSSR count). The maximum Gasteiger partial charge on any atom is 0.272 e. The molecule has 4 nitrogen and oxygen atoms in total. The average molecular weight is 303 g/mol. The molecule has 0 bridgehead atoms. The molecule has 1 fully saturated rings. The highest BCUT2D eigenvalue weighted by Gasteiger charge is 2.23. The fourth-order valence-electron chi connectivity index (χ4n) is 2.65. The number of nitro benzene ring substituents is 1. The first-order valence-electron chi connectivity index (χ1n) is 6.37. The van der Waals surface area contributed by atoms with E-state index in [9.17, 15) is 10.1 Å². The Labute approximate surface area is 122 Å². The highest BCUT2D eigenvalue weighted by atomic mass is 35.5. The Morgan fingerprint density at radius 1 is 1.21 bits per heavy atom. The molecule has 0 aliphatic heterocycles. The zero-order valence-electron chi connectivity index (χ0n) is 10.7. The van der Waals surface area contributed by atoms with Crippen LogP contribution >= 0.6 is 23.2 Å². The number of nitro groups is 1. The molecule has 1 aliphatic rings. The van der Waals surface area contributed by atoms with Crippen LogP contribution in [0.15, 0.2) is 12.1 Å². The average Bonchev–Trinajstić information content (AvgIpc) is 2.38. The molecule has 104 valence electrons. The molecule has 1 aromatic carbocycles. The lowest BCUT2D eigenvalue weighted by molar-refractivity contribution is -0.384. The summed E-state index contributed by atoms with van der Waals surface area (Å²) < 4.78 is 0. The summed E-state index contributed by atoms with van der Waals surface area (Å²) in [7, 11) is 1.95. The number of non-ortho nitro benzene ring substituents is 1. The molecule has 0 N–H and O–H groups in total. The second kappa shape index (κ2) is 5.97. The van der Waals surface area contributed by atoms with Crippen molar-refractivity contribution in [2.24, 2.45) is 0 Å². The van der Waals surface area contributed by atoms with Gasteiger partial charge >= 0.3 is 0 Å². The monoisotopic (exact) mass is 302 g/mol. The van der Waals surface area contributed by atoms with Crippen LogP contribution in [0.25, 0.3) is 0 Å². The highest BCUT2D eigenvalue weighted by Crippen LogP contribution is 2.39. The van der Waals surface area contributed by atoms with E-state index in [0.717, 1.165) is 12.8 Å². The summed E-state index contributed by atoms with van der Waals surface area (Å²) in [5, 5.41) is 11.4. The van der Waals surface area contributed by atoms with Gasteiger partial charge in [-0.15, -0.1) is 0 Å². The lowest BCUT2D eigenvalue weighted by Gasteiger charge is -2.33. The van der Waals surface area contributed by atoms with Crippen LogP contribution in [0, 0.1) is 10.1 Å². The number of nitrogens with zero attached hydrogens (tertiary/aromatic N) is 2. The summed E-state index contributed by atoms with van der Waals surface area (Å²) in [5.74, 6) is 0. The van der Waals surface area contributed by atoms with Gasteiger partial charge in [-0.05, 0) is 12.8 Å². The minimum absolute atomic E-state index is 0.0733. The third-order valence-corrected chi connectivity index (χ3v) is 4.26. The van der Waals surface area contributed by atoms with Gasteiger partial charge in [0, 0.05) is 25.2 Å². The van der Waals surface area contributed by atoms with E-state index in [4.69, 9.17) is 23.2 Å². The quantitative estimate of drug-likeness (QED) is 0.602. The molecule has 0 heterocycles. The second-order valence-electron chi connectivity index (χ2n) is 4.92. The zero-order valence-corrected chi connectivity index (χ0v) is 12.2. The first-order valence-corrected chi connectivity index (χ1v) is 7.12. The maximum atomic E-state index is 10.8. The van der Waals surface area contributed by atoms with Gasteiger partial charge in [0.25, 0.3) is 5.69 Å². The molecular weight excluding hydrogens is 287 g/mol. The molecule has 1 saturated carbocycles. The summed E-state index contributed by atoms with van der Waals surface area (Å²) in [4.78, 5) is 12.3. The van der Waals surface area contributed by atoms with Gasteiger partial charge in [-0.25, -0.2) is 0 Å². The minimum Gasteiger partial charge on any atom is -0.369 e. The molecule has 0 radical (unpaired) electrons. The number of benzene rings is 1. The van der Waals surface area contributed by atoms with Crippen molar-refractivity contribution in [3.8, 4) is 0 Å². The standard InChI is InChI=1S/C13H16Cl2N2O2/c1-16(9-5-3-2-4-6-9)13-11(14)7-10(17(18)19)8-12(13)15/h7-9H,2-6H2,1H3. The number of anilines is 1. The van der Waals surface area contributed by atoms with Gasteiger partial charge in [-0.2, -0.15) is 0 Å². The Morgan fingerprint density at radius 3 is 2.21 bits per heavy atom. The van der Waals surface area contributed by atoms with Gasteiger partial charge in [0.1, 0.15) is 0 Å². The normalized spacial score (nSPS) is 16.4. The van der Waals surface area contributed by atoms with E-state index in [0.29, 0.717) is 21.8 Å². The van der Waals surface area contributed by atoms with Crippen molar-refractivity contribution in [3.63, 3.8) is 0 Å². The SMILES string of the molecule is CN(c1c(Cl)cc([N+](=O)[O-])cc1Cl)C1CCCCC1. The summed E-state index contributed by atoms with van der Waals surface area (Å²) in [6, 6.07) is 3.13. The molecule has 0 saturated heterocycles. The summed E-state index contributed by atoms with van der Waals surface area (Å²) in [6.45, 7) is 0. The van der Waals surface area contributed by atoms with Crippen molar-refractivity contribution in [2.45, 2.75) is 38.1 Å². The third-order valence-electron chi connectivity index (χ3n) is 3.69. The van der Waals surface area contributed by atoms with E-state index in [1.165, 1.54) is 31.4 Å². The van der Waals surface area contributed by atoms with Gasteiger partial charge in [-0.1, -0.05) is 42.5 Å². The van der Waals surface area contributed by atoms with E-state index in [2.05, 4.69) is 4.90 Å². The molecule has 0 amide bonds. The first-order chi connectivity index (χ1) is 9.00. The summed E-state index contributed by atoms with van der Waals surface area (Å²) in [6.07, 6.45) is 5.90. The molecule has 0 unspecified atom stereocenters. The van der Waals surface area contributed by atoms with Crippen molar-refractivity contribution in [1.82, 2.24) is 0 Å².